The molecule has 0 fully saturated rings. The predicted octanol–water partition coefficient (Wildman–Crippen LogP) is 2.50. The quantitative estimate of drug-likeness (QED) is 0.520. The van der Waals surface area contributed by atoms with Crippen molar-refractivity contribution in [3.05, 3.63) is 47.2 Å². The third kappa shape index (κ3) is 4.16. The van der Waals surface area contributed by atoms with Gasteiger partial charge in [0.2, 0.25) is 5.91 Å². The number of thiazole rings is 1. The van der Waals surface area contributed by atoms with E-state index in [2.05, 4.69) is 15.5 Å². The average molecular weight is 358 g/mol. The van der Waals surface area contributed by atoms with Gasteiger partial charge >= 0.3 is 0 Å². The number of nitrogens with one attached hydrogen (secondary N) is 1. The van der Waals surface area contributed by atoms with Crippen LogP contribution in [-0.2, 0) is 11.2 Å². The summed E-state index contributed by atoms with van der Waals surface area (Å²) < 4.78 is 12.6. The fourth-order valence-corrected chi connectivity index (χ4v) is 3.00. The SMILES string of the molecule is CCOc1ccc(/C=N\NC(=O)Cc2cn3ccsc3n2)cc1OC. The van der Waals surface area contributed by atoms with Crippen LogP contribution in [0, 0.1) is 0 Å². The second-order valence-electron chi connectivity index (χ2n) is 5.14. The number of hydrogen-bond donors (Lipinski definition) is 1. The molecule has 0 bridgehead atoms. The highest BCUT2D eigenvalue weighted by Crippen LogP contribution is 2.27. The molecule has 1 aromatic carbocycles. The van der Waals surface area contributed by atoms with E-state index in [0.29, 0.717) is 23.8 Å². The Morgan fingerprint density at radius 1 is 1.44 bits per heavy atom. The molecule has 3 aromatic rings. The Bertz CT molecular complexity index is 872. The Morgan fingerprint density at radius 2 is 2.32 bits per heavy atom. The maximum absolute atomic E-state index is 11.9. The number of carbonyl (C=O) groups is 1. The first-order valence-electron chi connectivity index (χ1n) is 7.73. The molecule has 0 aliphatic rings. The molecular formula is C17H18N4O3S. The molecule has 2 aromatic heterocycles. The Kier molecular flexibility index (Phi) is 5.30. The number of carbonyl (C=O) groups excluding carboxylic acids is 1. The van der Waals surface area contributed by atoms with Gasteiger partial charge in [0.1, 0.15) is 0 Å². The summed E-state index contributed by atoms with van der Waals surface area (Å²) in [4.78, 5) is 17.2. The monoisotopic (exact) mass is 358 g/mol. The fraction of sp³-hybridized carbons (Fsp3) is 0.235. The topological polar surface area (TPSA) is 77.2 Å². The van der Waals surface area contributed by atoms with Gasteiger partial charge < -0.3 is 9.47 Å². The summed E-state index contributed by atoms with van der Waals surface area (Å²) in [5.74, 6) is 1.07. The Hall–Kier alpha value is -2.87. The third-order valence-corrected chi connectivity index (χ3v) is 4.15. The standard InChI is InChI=1S/C17H18N4O3S/c1-3-24-14-5-4-12(8-15(14)23-2)10-18-20-16(22)9-13-11-21-6-7-25-17(21)19-13/h4-8,10-11H,3,9H2,1-2H3,(H,20,22)/b18-10-. The molecule has 0 radical (unpaired) electrons. The van der Waals surface area contributed by atoms with E-state index in [9.17, 15) is 4.79 Å². The Labute approximate surface area is 148 Å². The molecular weight excluding hydrogens is 340 g/mol. The number of imidazole rings is 1. The van der Waals surface area contributed by atoms with Crippen molar-refractivity contribution in [3.63, 3.8) is 0 Å². The van der Waals surface area contributed by atoms with Crippen LogP contribution in [0.1, 0.15) is 18.2 Å². The normalized spacial score (nSPS) is 11.1. The molecule has 7 nitrogen and oxygen atoms in total. The van der Waals surface area contributed by atoms with Gasteiger partial charge in [-0.25, -0.2) is 10.4 Å². The Morgan fingerprint density at radius 3 is 3.08 bits per heavy atom. The summed E-state index contributed by atoms with van der Waals surface area (Å²) in [6, 6.07) is 5.44. The first kappa shape index (κ1) is 17.0. The first-order valence-corrected chi connectivity index (χ1v) is 8.61. The molecule has 0 spiro atoms. The largest absolute Gasteiger partial charge is 0.493 e. The van der Waals surface area contributed by atoms with Crippen molar-refractivity contribution in [1.29, 1.82) is 0 Å². The van der Waals surface area contributed by atoms with Crippen molar-refractivity contribution < 1.29 is 14.3 Å². The summed E-state index contributed by atoms with van der Waals surface area (Å²) in [5, 5.41) is 5.92. The lowest BCUT2D eigenvalue weighted by molar-refractivity contribution is -0.120. The summed E-state index contributed by atoms with van der Waals surface area (Å²) in [7, 11) is 1.58. The molecule has 0 unspecified atom stereocenters. The van der Waals surface area contributed by atoms with Crippen LogP contribution in [-0.4, -0.2) is 35.2 Å². The molecule has 8 heteroatoms. The van der Waals surface area contributed by atoms with E-state index in [0.717, 1.165) is 10.5 Å². The number of amides is 1. The number of hydrazone groups is 1. The van der Waals surface area contributed by atoms with Crippen LogP contribution in [0.3, 0.4) is 0 Å². The van der Waals surface area contributed by atoms with Gasteiger partial charge in [-0.2, -0.15) is 5.10 Å². The lowest BCUT2D eigenvalue weighted by atomic mass is 10.2. The van der Waals surface area contributed by atoms with Crippen LogP contribution < -0.4 is 14.9 Å². The molecule has 25 heavy (non-hydrogen) atoms. The molecule has 1 amide bonds. The van der Waals surface area contributed by atoms with Crippen molar-refractivity contribution in [2.45, 2.75) is 13.3 Å². The van der Waals surface area contributed by atoms with Crippen LogP contribution in [0.5, 0.6) is 11.5 Å². The highest BCUT2D eigenvalue weighted by Gasteiger charge is 2.08. The maximum atomic E-state index is 11.9. The van der Waals surface area contributed by atoms with E-state index < -0.39 is 0 Å². The molecule has 0 atom stereocenters. The second kappa shape index (κ2) is 7.80. The minimum absolute atomic E-state index is 0.179. The zero-order valence-electron chi connectivity index (χ0n) is 13.9. The number of hydrogen-bond acceptors (Lipinski definition) is 6. The van der Waals surface area contributed by atoms with Crippen molar-refractivity contribution in [3.8, 4) is 11.5 Å². The molecule has 0 aliphatic heterocycles. The minimum atomic E-state index is -0.222. The van der Waals surface area contributed by atoms with Crippen LogP contribution in [0.2, 0.25) is 0 Å². The van der Waals surface area contributed by atoms with E-state index in [1.54, 1.807) is 19.4 Å². The zero-order valence-corrected chi connectivity index (χ0v) is 14.7. The highest BCUT2D eigenvalue weighted by atomic mass is 32.1. The number of nitrogens with zero attached hydrogens (tertiary/aromatic N) is 3. The van der Waals surface area contributed by atoms with Gasteiger partial charge in [0.15, 0.2) is 16.5 Å². The van der Waals surface area contributed by atoms with E-state index in [1.807, 2.05) is 41.2 Å². The molecule has 0 aliphatic carbocycles. The molecule has 0 saturated heterocycles. The number of fused-ring (bicyclic) bond motifs is 1. The van der Waals surface area contributed by atoms with Crippen molar-refractivity contribution >= 4 is 28.4 Å². The van der Waals surface area contributed by atoms with Crippen LogP contribution >= 0.6 is 11.3 Å². The van der Waals surface area contributed by atoms with E-state index in [1.165, 1.54) is 11.3 Å². The summed E-state index contributed by atoms with van der Waals surface area (Å²) >= 11 is 1.53. The molecule has 3 rings (SSSR count). The van der Waals surface area contributed by atoms with Gasteiger partial charge in [-0.3, -0.25) is 9.20 Å². The van der Waals surface area contributed by atoms with Crippen LogP contribution in [0.25, 0.3) is 4.96 Å². The van der Waals surface area contributed by atoms with Gasteiger partial charge in [0.05, 0.1) is 32.0 Å². The average Bonchev–Trinajstić information content (AvgIpc) is 3.17. The summed E-state index contributed by atoms with van der Waals surface area (Å²) in [5.41, 5.74) is 4.01. The van der Waals surface area contributed by atoms with Gasteiger partial charge in [-0.05, 0) is 30.7 Å². The van der Waals surface area contributed by atoms with Gasteiger partial charge in [0, 0.05) is 17.8 Å². The lowest BCUT2D eigenvalue weighted by Crippen LogP contribution is -2.19. The lowest BCUT2D eigenvalue weighted by Gasteiger charge is -2.09. The predicted molar refractivity (Wildman–Crippen MR) is 96.7 cm³/mol. The summed E-state index contributed by atoms with van der Waals surface area (Å²) in [6.45, 7) is 2.47. The maximum Gasteiger partial charge on any atom is 0.246 e. The summed E-state index contributed by atoms with van der Waals surface area (Å²) in [6.07, 6.45) is 5.48. The number of ether oxygens (including phenoxy) is 2. The molecule has 2 heterocycles. The zero-order chi connectivity index (χ0) is 17.6. The Balaban J connectivity index is 1.58. The van der Waals surface area contributed by atoms with Gasteiger partial charge in [-0.15, -0.1) is 11.3 Å². The van der Waals surface area contributed by atoms with Crippen LogP contribution in [0.15, 0.2) is 41.1 Å². The van der Waals surface area contributed by atoms with E-state index in [4.69, 9.17) is 9.47 Å². The van der Waals surface area contributed by atoms with Crippen molar-refractivity contribution in [1.82, 2.24) is 14.8 Å². The number of benzene rings is 1. The molecule has 130 valence electrons. The highest BCUT2D eigenvalue weighted by molar-refractivity contribution is 7.15. The number of methoxy groups -OCH3 is 1. The number of rotatable bonds is 7. The van der Waals surface area contributed by atoms with Gasteiger partial charge in [-0.1, -0.05) is 0 Å². The van der Waals surface area contributed by atoms with Crippen molar-refractivity contribution in [2.75, 3.05) is 13.7 Å². The second-order valence-corrected chi connectivity index (χ2v) is 6.01. The van der Waals surface area contributed by atoms with E-state index >= 15 is 0 Å². The van der Waals surface area contributed by atoms with Crippen LogP contribution in [0.4, 0.5) is 0 Å². The van der Waals surface area contributed by atoms with E-state index in [-0.39, 0.29) is 12.3 Å². The third-order valence-electron chi connectivity index (χ3n) is 3.38. The van der Waals surface area contributed by atoms with Crippen molar-refractivity contribution in [2.24, 2.45) is 5.10 Å². The van der Waals surface area contributed by atoms with Gasteiger partial charge in [0.25, 0.3) is 0 Å². The molecule has 0 saturated carbocycles. The molecule has 1 N–H and O–H groups in total. The smallest absolute Gasteiger partial charge is 0.246 e. The fourth-order valence-electron chi connectivity index (χ4n) is 2.28. The minimum Gasteiger partial charge on any atom is -0.493 e. The first-order chi connectivity index (χ1) is 12.2. The number of aromatic nitrogens is 2.